The lowest BCUT2D eigenvalue weighted by Gasteiger charge is -2.02. The molecule has 0 atom stereocenters. The molecule has 0 unspecified atom stereocenters. The third-order valence-electron chi connectivity index (χ3n) is 2.20. The molecule has 0 aliphatic rings. The number of nitrogens with zero attached hydrogens (tertiary/aromatic N) is 2. The van der Waals surface area contributed by atoms with Gasteiger partial charge in [0.05, 0.1) is 12.1 Å². The van der Waals surface area contributed by atoms with Crippen LogP contribution < -0.4 is 0 Å². The number of esters is 1. The summed E-state index contributed by atoms with van der Waals surface area (Å²) in [5.41, 5.74) is 0.834. The minimum atomic E-state index is -0.313. The molecule has 1 heterocycles. The van der Waals surface area contributed by atoms with Crippen LogP contribution in [0, 0.1) is 0 Å². The van der Waals surface area contributed by atoms with Crippen LogP contribution in [0.2, 0.25) is 5.15 Å². The van der Waals surface area contributed by atoms with Crippen molar-refractivity contribution in [2.24, 2.45) is 0 Å². The number of halogens is 1. The van der Waals surface area contributed by atoms with Crippen LogP contribution in [0.15, 0.2) is 24.3 Å². The average molecular weight is 239 g/mol. The first-order valence-electron chi connectivity index (χ1n) is 4.99. The molecule has 0 spiro atoms. The fourth-order valence-corrected chi connectivity index (χ4v) is 1.79. The highest BCUT2D eigenvalue weighted by Crippen LogP contribution is 2.22. The summed E-state index contributed by atoms with van der Waals surface area (Å²) >= 11 is 5.95. The Balaban J connectivity index is 2.34. The van der Waals surface area contributed by atoms with Crippen molar-refractivity contribution in [3.63, 3.8) is 0 Å². The third kappa shape index (κ3) is 2.02. The van der Waals surface area contributed by atoms with Gasteiger partial charge >= 0.3 is 5.97 Å². The monoisotopic (exact) mass is 238 g/mol. The van der Waals surface area contributed by atoms with Crippen molar-refractivity contribution < 1.29 is 9.53 Å². The normalized spacial score (nSPS) is 10.6. The summed E-state index contributed by atoms with van der Waals surface area (Å²) in [6.45, 7) is 2.22. The zero-order chi connectivity index (χ0) is 11.5. The van der Waals surface area contributed by atoms with Crippen molar-refractivity contribution in [1.82, 2.24) is 9.78 Å². The number of hydrogen-bond donors (Lipinski definition) is 0. The molecule has 0 radical (unpaired) electrons. The lowest BCUT2D eigenvalue weighted by atomic mass is 10.2. The highest BCUT2D eigenvalue weighted by Gasteiger charge is 2.11. The maximum Gasteiger partial charge on any atom is 0.327 e. The molecule has 0 fully saturated rings. The Morgan fingerprint density at radius 1 is 1.50 bits per heavy atom. The second-order valence-corrected chi connectivity index (χ2v) is 3.63. The van der Waals surface area contributed by atoms with Crippen LogP contribution >= 0.6 is 11.6 Å². The molecule has 2 aromatic rings. The SMILES string of the molecule is CCOC(=O)Cn1nc(Cl)c2ccccc21. The molecule has 0 aliphatic heterocycles. The van der Waals surface area contributed by atoms with Gasteiger partial charge in [0.15, 0.2) is 5.15 Å². The zero-order valence-corrected chi connectivity index (χ0v) is 9.57. The first kappa shape index (κ1) is 11.0. The number of aromatic nitrogens is 2. The Bertz CT molecular complexity index is 522. The van der Waals surface area contributed by atoms with Gasteiger partial charge in [-0.3, -0.25) is 9.48 Å². The van der Waals surface area contributed by atoms with Crippen LogP contribution in [-0.4, -0.2) is 22.4 Å². The van der Waals surface area contributed by atoms with Crippen molar-refractivity contribution in [2.45, 2.75) is 13.5 Å². The Morgan fingerprint density at radius 3 is 3.00 bits per heavy atom. The molecule has 0 saturated carbocycles. The van der Waals surface area contributed by atoms with Gasteiger partial charge in [0.2, 0.25) is 0 Å². The standard InChI is InChI=1S/C11H11ClN2O2/c1-2-16-10(15)7-14-9-6-4-3-5-8(9)11(12)13-14/h3-6H,2,7H2,1H3. The molecule has 0 aliphatic carbocycles. The molecule has 0 amide bonds. The van der Waals surface area contributed by atoms with Crippen LogP contribution in [0.5, 0.6) is 0 Å². The first-order valence-corrected chi connectivity index (χ1v) is 5.37. The molecule has 16 heavy (non-hydrogen) atoms. The highest BCUT2D eigenvalue weighted by molar-refractivity contribution is 6.34. The molecule has 84 valence electrons. The Labute approximate surface area is 97.8 Å². The molecule has 0 N–H and O–H groups in total. The molecule has 0 bridgehead atoms. The first-order chi connectivity index (χ1) is 7.72. The van der Waals surface area contributed by atoms with Gasteiger partial charge in [0, 0.05) is 5.39 Å². The fourth-order valence-electron chi connectivity index (χ4n) is 1.54. The summed E-state index contributed by atoms with van der Waals surface area (Å²) in [7, 11) is 0. The molecule has 1 aromatic carbocycles. The molecule has 1 aromatic heterocycles. The Morgan fingerprint density at radius 2 is 2.25 bits per heavy atom. The van der Waals surface area contributed by atoms with Gasteiger partial charge in [-0.05, 0) is 19.1 Å². The average Bonchev–Trinajstić information content (AvgIpc) is 2.57. The van der Waals surface area contributed by atoms with Crippen LogP contribution in [0.25, 0.3) is 10.9 Å². The molecule has 5 heteroatoms. The van der Waals surface area contributed by atoms with Crippen molar-refractivity contribution >= 4 is 28.5 Å². The largest absolute Gasteiger partial charge is 0.465 e. The highest BCUT2D eigenvalue weighted by atomic mass is 35.5. The number of carbonyl (C=O) groups excluding carboxylic acids is 1. The number of rotatable bonds is 3. The van der Waals surface area contributed by atoms with Crippen molar-refractivity contribution in [3.05, 3.63) is 29.4 Å². The van der Waals surface area contributed by atoms with Gasteiger partial charge in [-0.25, -0.2) is 0 Å². The fraction of sp³-hybridized carbons (Fsp3) is 0.273. The van der Waals surface area contributed by atoms with Crippen LogP contribution in [-0.2, 0) is 16.1 Å². The van der Waals surface area contributed by atoms with Crippen molar-refractivity contribution in [2.75, 3.05) is 6.61 Å². The minimum Gasteiger partial charge on any atom is -0.465 e. The van der Waals surface area contributed by atoms with Crippen molar-refractivity contribution in [3.8, 4) is 0 Å². The predicted octanol–water partition coefficient (Wildman–Crippen LogP) is 2.25. The van der Waals surface area contributed by atoms with E-state index < -0.39 is 0 Å². The number of hydrogen-bond acceptors (Lipinski definition) is 3. The zero-order valence-electron chi connectivity index (χ0n) is 8.81. The maximum absolute atomic E-state index is 11.3. The van der Waals surface area contributed by atoms with Crippen LogP contribution in [0.1, 0.15) is 6.92 Å². The number of ether oxygens (including phenoxy) is 1. The number of benzene rings is 1. The second-order valence-electron chi connectivity index (χ2n) is 3.27. The van der Waals surface area contributed by atoms with E-state index in [1.807, 2.05) is 24.3 Å². The van der Waals surface area contributed by atoms with E-state index in [9.17, 15) is 4.79 Å². The Kier molecular flexibility index (Phi) is 3.10. The molecule has 4 nitrogen and oxygen atoms in total. The summed E-state index contributed by atoms with van der Waals surface area (Å²) in [6.07, 6.45) is 0. The summed E-state index contributed by atoms with van der Waals surface area (Å²) in [4.78, 5) is 11.3. The van der Waals surface area contributed by atoms with Crippen LogP contribution in [0.3, 0.4) is 0 Å². The van der Waals surface area contributed by atoms with Crippen LogP contribution in [0.4, 0.5) is 0 Å². The van der Waals surface area contributed by atoms with Gasteiger partial charge in [-0.1, -0.05) is 23.7 Å². The van der Waals surface area contributed by atoms with E-state index in [0.717, 1.165) is 10.9 Å². The predicted molar refractivity (Wildman–Crippen MR) is 61.4 cm³/mol. The summed E-state index contributed by atoms with van der Waals surface area (Å²) in [6, 6.07) is 7.49. The second kappa shape index (κ2) is 4.53. The topological polar surface area (TPSA) is 44.1 Å². The molecular weight excluding hydrogens is 228 g/mol. The van der Waals surface area contributed by atoms with E-state index in [-0.39, 0.29) is 12.5 Å². The van der Waals surface area contributed by atoms with E-state index in [4.69, 9.17) is 16.3 Å². The molecular formula is C11H11ClN2O2. The Hall–Kier alpha value is -1.55. The molecule has 0 saturated heterocycles. The van der Waals surface area contributed by atoms with E-state index in [2.05, 4.69) is 5.10 Å². The van der Waals surface area contributed by atoms with Gasteiger partial charge < -0.3 is 4.74 Å². The lowest BCUT2D eigenvalue weighted by Crippen LogP contribution is -2.14. The van der Waals surface area contributed by atoms with E-state index in [1.54, 1.807) is 11.6 Å². The smallest absolute Gasteiger partial charge is 0.327 e. The maximum atomic E-state index is 11.3. The van der Waals surface area contributed by atoms with Gasteiger partial charge in [-0.2, -0.15) is 5.10 Å². The van der Waals surface area contributed by atoms with Gasteiger partial charge in [0.1, 0.15) is 6.54 Å². The van der Waals surface area contributed by atoms with E-state index in [0.29, 0.717) is 11.8 Å². The number of para-hydroxylation sites is 1. The van der Waals surface area contributed by atoms with Crippen molar-refractivity contribution in [1.29, 1.82) is 0 Å². The van der Waals surface area contributed by atoms with E-state index >= 15 is 0 Å². The molecule has 2 rings (SSSR count). The quantitative estimate of drug-likeness (QED) is 0.771. The minimum absolute atomic E-state index is 0.0844. The number of carbonyl (C=O) groups is 1. The van der Waals surface area contributed by atoms with Gasteiger partial charge in [0.25, 0.3) is 0 Å². The van der Waals surface area contributed by atoms with E-state index in [1.165, 1.54) is 0 Å². The summed E-state index contributed by atoms with van der Waals surface area (Å²) in [5, 5.41) is 5.34. The third-order valence-corrected chi connectivity index (χ3v) is 2.48. The summed E-state index contributed by atoms with van der Waals surface area (Å²) < 4.78 is 6.41. The lowest BCUT2D eigenvalue weighted by molar-refractivity contribution is -0.143. The van der Waals surface area contributed by atoms with Gasteiger partial charge in [-0.15, -0.1) is 0 Å². The summed E-state index contributed by atoms with van der Waals surface area (Å²) in [5.74, 6) is -0.313. The number of fused-ring (bicyclic) bond motifs is 1.